The van der Waals surface area contributed by atoms with Gasteiger partial charge in [-0.25, -0.2) is 15.0 Å². The van der Waals surface area contributed by atoms with Crippen LogP contribution in [0, 0.1) is 5.92 Å². The number of piperidine rings is 1. The van der Waals surface area contributed by atoms with E-state index in [4.69, 9.17) is 26.3 Å². The lowest BCUT2D eigenvalue weighted by Crippen LogP contribution is -2.40. The van der Waals surface area contributed by atoms with Crippen LogP contribution in [0.3, 0.4) is 0 Å². The minimum Gasteiger partial charge on any atom is -0.487 e. The highest BCUT2D eigenvalue weighted by Crippen LogP contribution is 2.33. The van der Waals surface area contributed by atoms with Gasteiger partial charge in [-0.1, -0.05) is 43.0 Å². The van der Waals surface area contributed by atoms with Crippen LogP contribution in [0.25, 0.3) is 10.9 Å². The summed E-state index contributed by atoms with van der Waals surface area (Å²) >= 11 is 6.63. The summed E-state index contributed by atoms with van der Waals surface area (Å²) in [6.07, 6.45) is 2.16. The maximum absolute atomic E-state index is 6.63. The summed E-state index contributed by atoms with van der Waals surface area (Å²) in [5.41, 5.74) is 4.34. The molecule has 0 spiro atoms. The monoisotopic (exact) mass is 532 g/mol. The van der Waals surface area contributed by atoms with Crippen LogP contribution in [0.2, 0.25) is 0 Å². The molecule has 198 valence electrons. The summed E-state index contributed by atoms with van der Waals surface area (Å²) < 4.78 is 5.96. The summed E-state index contributed by atoms with van der Waals surface area (Å²) in [4.78, 5) is 11.8. The van der Waals surface area contributed by atoms with E-state index in [-0.39, 0.29) is 0 Å². The van der Waals surface area contributed by atoms with Crippen LogP contribution in [0.15, 0.2) is 81.5 Å². The zero-order valence-corrected chi connectivity index (χ0v) is 22.7. The van der Waals surface area contributed by atoms with Crippen LogP contribution < -0.4 is 5.32 Å². The van der Waals surface area contributed by atoms with Gasteiger partial charge in [0.05, 0.1) is 17.7 Å². The Bertz CT molecular complexity index is 1370. The number of amidine groups is 1. The molecule has 2 aromatic rings. The predicted octanol–water partition coefficient (Wildman–Crippen LogP) is 4.81. The first-order chi connectivity index (χ1) is 18.4. The molecule has 0 radical (unpaired) electrons. The van der Waals surface area contributed by atoms with E-state index >= 15 is 0 Å². The molecule has 3 aliphatic rings. The zero-order chi connectivity index (χ0) is 26.8. The lowest BCUT2D eigenvalue weighted by molar-refractivity contribution is 0.145. The van der Waals surface area contributed by atoms with E-state index in [0.29, 0.717) is 46.4 Å². The molecule has 1 aromatic heterocycles. The molecule has 1 saturated heterocycles. The Kier molecular flexibility index (Phi) is 7.37. The SMILES string of the molecule is C=NN1CCC(CNc2cccc3ccc(C(=NC(=C)C)N4N=C(Cl)C5=C(OCCN5C)C4=C)nc23)CC1. The number of para-hydroxylation sites is 1. The third kappa shape index (κ3) is 5.11. The van der Waals surface area contributed by atoms with Crippen molar-refractivity contribution in [2.45, 2.75) is 19.8 Å². The lowest BCUT2D eigenvalue weighted by Gasteiger charge is -2.36. The number of anilines is 1. The Labute approximate surface area is 228 Å². The second kappa shape index (κ2) is 10.9. The number of benzene rings is 1. The van der Waals surface area contributed by atoms with Crippen LogP contribution in [-0.2, 0) is 4.74 Å². The number of aliphatic imine (C=N–C) groups is 1. The highest BCUT2D eigenvalue weighted by molar-refractivity contribution is 6.69. The molecule has 4 heterocycles. The number of aromatic nitrogens is 1. The maximum atomic E-state index is 6.63. The second-order valence-electron chi connectivity index (χ2n) is 9.76. The summed E-state index contributed by atoms with van der Waals surface area (Å²) in [6.45, 7) is 17.7. The largest absolute Gasteiger partial charge is 0.487 e. The van der Waals surface area contributed by atoms with Crippen molar-refractivity contribution < 1.29 is 4.74 Å². The summed E-state index contributed by atoms with van der Waals surface area (Å²) in [5.74, 6) is 1.63. The number of allylic oxidation sites excluding steroid dienone is 2. The van der Waals surface area contributed by atoms with Gasteiger partial charge >= 0.3 is 0 Å². The van der Waals surface area contributed by atoms with Crippen molar-refractivity contribution in [3.63, 3.8) is 0 Å². The average Bonchev–Trinajstić information content (AvgIpc) is 2.92. The minimum absolute atomic E-state index is 0.310. The van der Waals surface area contributed by atoms with Gasteiger partial charge in [-0.15, -0.1) is 0 Å². The van der Waals surface area contributed by atoms with Crippen molar-refractivity contribution in [1.29, 1.82) is 0 Å². The van der Waals surface area contributed by atoms with Crippen molar-refractivity contribution in [1.82, 2.24) is 19.9 Å². The number of likely N-dealkylation sites (N-methyl/N-ethyl adjacent to an activating group) is 1. The third-order valence-corrected chi connectivity index (χ3v) is 7.24. The van der Waals surface area contributed by atoms with Gasteiger partial charge in [0.2, 0.25) is 0 Å². The Morgan fingerprint density at radius 2 is 2.00 bits per heavy atom. The van der Waals surface area contributed by atoms with E-state index < -0.39 is 0 Å². The summed E-state index contributed by atoms with van der Waals surface area (Å²) in [5, 5.41) is 17.3. The fourth-order valence-corrected chi connectivity index (χ4v) is 5.21. The standard InChI is InChI=1S/C28H33ClN8O/c1-18(2)32-28(37-19(3)26-25(27(29)34-37)35(5)15-16-38-26)23-10-9-21-7-6-8-22(24(21)33-23)31-17-20-11-13-36(30-4)14-12-20/h6-10,20,31H,1,3-4,11-17H2,2,5H3. The molecule has 10 heteroatoms. The minimum atomic E-state index is 0.310. The lowest BCUT2D eigenvalue weighted by atomic mass is 9.97. The van der Waals surface area contributed by atoms with E-state index in [1.807, 2.05) is 42.1 Å². The van der Waals surface area contributed by atoms with E-state index in [9.17, 15) is 0 Å². The van der Waals surface area contributed by atoms with E-state index in [1.165, 1.54) is 0 Å². The highest BCUT2D eigenvalue weighted by Gasteiger charge is 2.34. The average molecular weight is 533 g/mol. The van der Waals surface area contributed by atoms with Gasteiger partial charge < -0.3 is 15.0 Å². The van der Waals surface area contributed by atoms with Crippen molar-refractivity contribution in [2.24, 2.45) is 21.1 Å². The number of pyridine rings is 1. The molecule has 38 heavy (non-hydrogen) atoms. The maximum Gasteiger partial charge on any atom is 0.180 e. The van der Waals surface area contributed by atoms with Crippen molar-refractivity contribution >= 4 is 45.9 Å². The van der Waals surface area contributed by atoms with Crippen molar-refractivity contribution in [2.75, 3.05) is 45.2 Å². The zero-order valence-electron chi connectivity index (χ0n) is 22.0. The number of fused-ring (bicyclic) bond motifs is 1. The molecule has 1 N–H and O–H groups in total. The molecule has 3 aliphatic heterocycles. The van der Waals surface area contributed by atoms with Gasteiger partial charge in [0.1, 0.15) is 23.7 Å². The number of nitrogens with one attached hydrogen (secondary N) is 1. The molecule has 0 unspecified atom stereocenters. The molecule has 0 saturated carbocycles. The Hall–Kier alpha value is -3.85. The van der Waals surface area contributed by atoms with Gasteiger partial charge in [-0.05, 0) is 37.8 Å². The molecule has 0 atom stereocenters. The summed E-state index contributed by atoms with van der Waals surface area (Å²) in [7, 11) is 1.96. The summed E-state index contributed by atoms with van der Waals surface area (Å²) in [6, 6.07) is 10.1. The smallest absolute Gasteiger partial charge is 0.180 e. The molecule has 0 amide bonds. The van der Waals surface area contributed by atoms with Crippen LogP contribution in [0.1, 0.15) is 25.5 Å². The van der Waals surface area contributed by atoms with Crippen LogP contribution in [0.4, 0.5) is 5.69 Å². The van der Waals surface area contributed by atoms with E-state index in [0.717, 1.165) is 61.3 Å². The number of hydrazone groups is 2. The normalized spacial score (nSPS) is 18.8. The van der Waals surface area contributed by atoms with Gasteiger partial charge in [0, 0.05) is 44.5 Å². The van der Waals surface area contributed by atoms with Crippen molar-refractivity contribution in [3.05, 3.63) is 72.0 Å². The number of hydrogen-bond acceptors (Lipinski definition) is 8. The molecule has 5 rings (SSSR count). The van der Waals surface area contributed by atoms with Crippen molar-refractivity contribution in [3.8, 4) is 0 Å². The first kappa shape index (κ1) is 25.8. The Morgan fingerprint density at radius 1 is 1.21 bits per heavy atom. The number of nitrogens with zero attached hydrogens (tertiary/aromatic N) is 7. The molecule has 0 bridgehead atoms. The van der Waals surface area contributed by atoms with Gasteiger partial charge in [0.15, 0.2) is 16.8 Å². The predicted molar refractivity (Wildman–Crippen MR) is 155 cm³/mol. The van der Waals surface area contributed by atoms with Crippen LogP contribution in [0.5, 0.6) is 0 Å². The third-order valence-electron chi connectivity index (χ3n) is 6.99. The quantitative estimate of drug-likeness (QED) is 0.425. The van der Waals surface area contributed by atoms with E-state index in [1.54, 1.807) is 5.01 Å². The van der Waals surface area contributed by atoms with Gasteiger partial charge in [-0.3, -0.25) is 5.01 Å². The first-order valence-electron chi connectivity index (χ1n) is 12.8. The number of ether oxygens (including phenoxy) is 1. The van der Waals surface area contributed by atoms with E-state index in [2.05, 4.69) is 47.5 Å². The number of hydrogen-bond donors (Lipinski definition) is 1. The topological polar surface area (TPSA) is 80.9 Å². The Balaban J connectivity index is 1.46. The highest BCUT2D eigenvalue weighted by atomic mass is 35.5. The van der Waals surface area contributed by atoms with Crippen LogP contribution >= 0.6 is 11.6 Å². The molecule has 0 aliphatic carbocycles. The Morgan fingerprint density at radius 3 is 2.74 bits per heavy atom. The van der Waals surface area contributed by atoms with Gasteiger partial charge in [0.25, 0.3) is 0 Å². The van der Waals surface area contributed by atoms with Crippen LogP contribution in [-0.4, -0.2) is 77.5 Å². The second-order valence-corrected chi connectivity index (χ2v) is 10.1. The first-order valence-corrected chi connectivity index (χ1v) is 13.2. The molecule has 1 fully saturated rings. The number of rotatable bonds is 6. The van der Waals surface area contributed by atoms with Gasteiger partial charge in [-0.2, -0.15) is 10.2 Å². The fourth-order valence-electron chi connectivity index (χ4n) is 4.90. The fraction of sp³-hybridized carbons (Fsp3) is 0.357. The molecule has 1 aromatic carbocycles. The number of halogens is 1. The molecule has 9 nitrogen and oxygen atoms in total. The molecular formula is C28H33ClN8O. The molecular weight excluding hydrogens is 500 g/mol.